The van der Waals surface area contributed by atoms with Gasteiger partial charge in [-0.1, -0.05) is 6.08 Å². The van der Waals surface area contributed by atoms with Crippen molar-refractivity contribution in [2.75, 3.05) is 0 Å². The van der Waals surface area contributed by atoms with Crippen molar-refractivity contribution in [3.63, 3.8) is 0 Å². The first-order valence-electron chi connectivity index (χ1n) is 5.19. The fraction of sp³-hybridized carbons (Fsp3) is 0.500. The Morgan fingerprint density at radius 2 is 2.29 bits per heavy atom. The predicted octanol–water partition coefficient (Wildman–Crippen LogP) is 3.59. The van der Waals surface area contributed by atoms with E-state index in [1.165, 1.54) is 24.0 Å². The summed E-state index contributed by atoms with van der Waals surface area (Å²) in [6.07, 6.45) is 6.58. The highest BCUT2D eigenvalue weighted by Gasteiger charge is 2.16. The molecule has 0 saturated heterocycles. The van der Waals surface area contributed by atoms with Gasteiger partial charge in [-0.3, -0.25) is 0 Å². The molecule has 0 saturated carbocycles. The van der Waals surface area contributed by atoms with Gasteiger partial charge in [0.25, 0.3) is 0 Å². The van der Waals surface area contributed by atoms with Crippen LogP contribution in [0.25, 0.3) is 0 Å². The summed E-state index contributed by atoms with van der Waals surface area (Å²) in [5, 5.41) is 12.2. The molecule has 0 amide bonds. The zero-order chi connectivity index (χ0) is 9.97. The summed E-state index contributed by atoms with van der Waals surface area (Å²) in [5.74, 6) is 0. The number of aliphatic hydroxyl groups excluding tert-OH is 1. The minimum atomic E-state index is -0.339. The molecule has 1 atom stereocenters. The van der Waals surface area contributed by atoms with Crippen molar-refractivity contribution >= 4 is 11.3 Å². The van der Waals surface area contributed by atoms with Crippen LogP contribution < -0.4 is 0 Å². The fourth-order valence-corrected chi connectivity index (χ4v) is 2.82. The van der Waals surface area contributed by atoms with Gasteiger partial charge in [0.1, 0.15) is 6.10 Å². The molecule has 0 fully saturated rings. The second-order valence-corrected chi connectivity index (χ2v) is 4.90. The first kappa shape index (κ1) is 9.94. The van der Waals surface area contributed by atoms with E-state index in [0.717, 1.165) is 17.7 Å². The number of thiophene rings is 1. The van der Waals surface area contributed by atoms with Gasteiger partial charge in [-0.15, -0.1) is 11.3 Å². The molecular weight excluding hydrogens is 192 g/mol. The Balaban J connectivity index is 2.14. The highest BCUT2D eigenvalue weighted by Crippen LogP contribution is 2.32. The van der Waals surface area contributed by atoms with Gasteiger partial charge in [0, 0.05) is 4.88 Å². The van der Waals surface area contributed by atoms with Crippen molar-refractivity contribution in [3.8, 4) is 0 Å². The van der Waals surface area contributed by atoms with E-state index in [0.29, 0.717) is 0 Å². The maximum absolute atomic E-state index is 10.1. The molecule has 76 valence electrons. The van der Waals surface area contributed by atoms with Crippen LogP contribution in [0.3, 0.4) is 0 Å². The molecule has 0 aliphatic heterocycles. The lowest BCUT2D eigenvalue weighted by Gasteiger charge is -2.17. The Labute approximate surface area is 89.1 Å². The molecule has 2 heteroatoms. The lowest BCUT2D eigenvalue weighted by atomic mass is 9.95. The summed E-state index contributed by atoms with van der Waals surface area (Å²) in [4.78, 5) is 1.09. The van der Waals surface area contributed by atoms with Crippen LogP contribution in [0.4, 0.5) is 0 Å². The molecule has 1 unspecified atom stereocenters. The Morgan fingerprint density at radius 1 is 1.43 bits per heavy atom. The van der Waals surface area contributed by atoms with Crippen molar-refractivity contribution in [1.29, 1.82) is 0 Å². The molecule has 0 aromatic carbocycles. The number of allylic oxidation sites excluding steroid dienone is 1. The standard InChI is InChI=1S/C12H16OS/c1-9-7-11(14-8-9)12(13)10-5-3-2-4-6-10/h5,7-8,12-13H,2-4,6H2,1H3. The molecule has 1 aliphatic carbocycles. The molecule has 1 nitrogen and oxygen atoms in total. The molecule has 14 heavy (non-hydrogen) atoms. The Morgan fingerprint density at radius 3 is 2.86 bits per heavy atom. The summed E-state index contributed by atoms with van der Waals surface area (Å²) >= 11 is 1.66. The van der Waals surface area contributed by atoms with Gasteiger partial charge < -0.3 is 5.11 Å². The number of rotatable bonds is 2. The summed E-state index contributed by atoms with van der Waals surface area (Å²) in [6.45, 7) is 2.07. The van der Waals surface area contributed by atoms with E-state index >= 15 is 0 Å². The van der Waals surface area contributed by atoms with E-state index in [2.05, 4.69) is 24.4 Å². The SMILES string of the molecule is Cc1csc(C(O)C2=CCCCC2)c1. The van der Waals surface area contributed by atoms with E-state index in [1.807, 2.05) is 0 Å². The zero-order valence-electron chi connectivity index (χ0n) is 8.49. The van der Waals surface area contributed by atoms with Gasteiger partial charge in [-0.05, 0) is 55.2 Å². The molecule has 1 heterocycles. The molecule has 1 aromatic heterocycles. The molecule has 1 N–H and O–H groups in total. The predicted molar refractivity (Wildman–Crippen MR) is 60.6 cm³/mol. The minimum absolute atomic E-state index is 0.339. The van der Waals surface area contributed by atoms with E-state index in [4.69, 9.17) is 0 Å². The fourth-order valence-electron chi connectivity index (χ4n) is 1.89. The van der Waals surface area contributed by atoms with Crippen molar-refractivity contribution in [2.24, 2.45) is 0 Å². The number of aryl methyl sites for hydroxylation is 1. The second-order valence-electron chi connectivity index (χ2n) is 3.95. The normalized spacial score (nSPS) is 19.1. The Hall–Kier alpha value is -0.600. The van der Waals surface area contributed by atoms with Gasteiger partial charge in [0.15, 0.2) is 0 Å². The van der Waals surface area contributed by atoms with Crippen LogP contribution in [-0.4, -0.2) is 5.11 Å². The van der Waals surface area contributed by atoms with Crippen LogP contribution in [0.15, 0.2) is 23.1 Å². The van der Waals surface area contributed by atoms with Crippen LogP contribution in [0.1, 0.15) is 42.2 Å². The van der Waals surface area contributed by atoms with Crippen LogP contribution in [0.5, 0.6) is 0 Å². The van der Waals surface area contributed by atoms with Crippen LogP contribution >= 0.6 is 11.3 Å². The topological polar surface area (TPSA) is 20.2 Å². The van der Waals surface area contributed by atoms with Gasteiger partial charge in [0.2, 0.25) is 0 Å². The van der Waals surface area contributed by atoms with Crippen molar-refractivity contribution in [2.45, 2.75) is 38.7 Å². The number of aliphatic hydroxyl groups is 1. The van der Waals surface area contributed by atoms with Crippen molar-refractivity contribution in [1.82, 2.24) is 0 Å². The maximum Gasteiger partial charge on any atom is 0.109 e. The van der Waals surface area contributed by atoms with Crippen LogP contribution in [-0.2, 0) is 0 Å². The van der Waals surface area contributed by atoms with Crippen molar-refractivity contribution in [3.05, 3.63) is 33.5 Å². The molecule has 0 spiro atoms. The first-order chi connectivity index (χ1) is 6.77. The highest BCUT2D eigenvalue weighted by atomic mass is 32.1. The molecule has 1 aromatic rings. The maximum atomic E-state index is 10.1. The lowest BCUT2D eigenvalue weighted by Crippen LogP contribution is -2.02. The van der Waals surface area contributed by atoms with Gasteiger partial charge >= 0.3 is 0 Å². The Bertz CT molecular complexity index is 338. The molecular formula is C12H16OS. The number of hydrogen-bond donors (Lipinski definition) is 1. The summed E-state index contributed by atoms with van der Waals surface area (Å²) in [5.41, 5.74) is 2.47. The molecule has 0 bridgehead atoms. The zero-order valence-corrected chi connectivity index (χ0v) is 9.31. The third-order valence-corrected chi connectivity index (χ3v) is 3.80. The lowest BCUT2D eigenvalue weighted by molar-refractivity contribution is 0.212. The smallest absolute Gasteiger partial charge is 0.109 e. The van der Waals surface area contributed by atoms with Crippen molar-refractivity contribution < 1.29 is 5.11 Å². The summed E-state index contributed by atoms with van der Waals surface area (Å²) in [6, 6.07) is 2.09. The first-order valence-corrected chi connectivity index (χ1v) is 6.07. The van der Waals surface area contributed by atoms with Crippen LogP contribution in [0, 0.1) is 6.92 Å². The molecule has 2 rings (SSSR count). The molecule has 0 radical (unpaired) electrons. The van der Waals surface area contributed by atoms with E-state index in [1.54, 1.807) is 11.3 Å². The quantitative estimate of drug-likeness (QED) is 0.736. The number of hydrogen-bond acceptors (Lipinski definition) is 2. The van der Waals surface area contributed by atoms with Gasteiger partial charge in [0.05, 0.1) is 0 Å². The second kappa shape index (κ2) is 4.28. The van der Waals surface area contributed by atoms with E-state index in [-0.39, 0.29) is 6.10 Å². The Kier molecular flexibility index (Phi) is 3.04. The van der Waals surface area contributed by atoms with Crippen LogP contribution in [0.2, 0.25) is 0 Å². The monoisotopic (exact) mass is 208 g/mol. The van der Waals surface area contributed by atoms with Gasteiger partial charge in [-0.2, -0.15) is 0 Å². The van der Waals surface area contributed by atoms with Gasteiger partial charge in [-0.25, -0.2) is 0 Å². The molecule has 1 aliphatic rings. The third kappa shape index (κ3) is 2.07. The largest absolute Gasteiger partial charge is 0.383 e. The highest BCUT2D eigenvalue weighted by molar-refractivity contribution is 7.10. The average molecular weight is 208 g/mol. The minimum Gasteiger partial charge on any atom is -0.383 e. The average Bonchev–Trinajstić information content (AvgIpc) is 2.65. The third-order valence-electron chi connectivity index (χ3n) is 2.70. The summed E-state index contributed by atoms with van der Waals surface area (Å²) < 4.78 is 0. The summed E-state index contributed by atoms with van der Waals surface area (Å²) in [7, 11) is 0. The van der Waals surface area contributed by atoms with E-state index < -0.39 is 0 Å². The van der Waals surface area contributed by atoms with E-state index in [9.17, 15) is 5.11 Å².